The Labute approximate surface area is 144 Å². The predicted octanol–water partition coefficient (Wildman–Crippen LogP) is 4.52. The molecule has 2 fully saturated rings. The van der Waals surface area contributed by atoms with Gasteiger partial charge in [-0.25, -0.2) is 0 Å². The van der Waals surface area contributed by atoms with Gasteiger partial charge in [-0.15, -0.1) is 0 Å². The highest BCUT2D eigenvalue weighted by Crippen LogP contribution is 2.45. The minimum absolute atomic E-state index is 0.00349. The molecule has 2 bridgehead atoms. The van der Waals surface area contributed by atoms with Crippen molar-refractivity contribution >= 4 is 16.6 Å². The van der Waals surface area contributed by atoms with Crippen LogP contribution in [0.3, 0.4) is 0 Å². The van der Waals surface area contributed by atoms with Crippen LogP contribution in [0, 0.1) is 0 Å². The van der Waals surface area contributed by atoms with Crippen LogP contribution in [0.5, 0.6) is 0 Å². The smallest absolute Gasteiger partial charge is 0.192 e. The molecule has 2 heterocycles. The van der Waals surface area contributed by atoms with Crippen LogP contribution in [0.1, 0.15) is 41.5 Å². The first-order chi connectivity index (χ1) is 10.2. The topological polar surface area (TPSA) is 36.9 Å². The molecule has 23 heavy (non-hydrogen) atoms. The van der Waals surface area contributed by atoms with Crippen LogP contribution in [0.25, 0.3) is 0 Å². The molecule has 0 aromatic carbocycles. The van der Waals surface area contributed by atoms with E-state index in [1.807, 2.05) is 0 Å². The monoisotopic (exact) mass is 360 g/mol. The molecular formula is C17H36O4Si2. The van der Waals surface area contributed by atoms with Gasteiger partial charge in [-0.3, -0.25) is 0 Å². The Morgan fingerprint density at radius 1 is 0.783 bits per heavy atom. The number of ether oxygens (including phenoxy) is 2. The molecule has 0 aromatic rings. The minimum Gasteiger partial charge on any atom is -0.408 e. The Kier molecular flexibility index (Phi) is 5.04. The van der Waals surface area contributed by atoms with E-state index in [1.54, 1.807) is 0 Å². The molecule has 4 nitrogen and oxygen atoms in total. The summed E-state index contributed by atoms with van der Waals surface area (Å²) in [5.41, 5.74) is 0. The van der Waals surface area contributed by atoms with Gasteiger partial charge in [-0.2, -0.15) is 0 Å². The van der Waals surface area contributed by atoms with Crippen LogP contribution < -0.4 is 0 Å². The molecule has 0 aliphatic carbocycles. The Balaban J connectivity index is 2.18. The maximum Gasteiger partial charge on any atom is 0.192 e. The maximum atomic E-state index is 6.70. The van der Waals surface area contributed by atoms with Crippen molar-refractivity contribution in [3.63, 3.8) is 0 Å². The first-order valence-electron chi connectivity index (χ1n) is 8.78. The van der Waals surface area contributed by atoms with E-state index in [0.717, 1.165) is 0 Å². The zero-order chi connectivity index (χ0) is 17.8. The summed E-state index contributed by atoms with van der Waals surface area (Å²) in [6.07, 6.45) is -0.333. The molecule has 4 atom stereocenters. The molecule has 0 saturated carbocycles. The summed E-state index contributed by atoms with van der Waals surface area (Å²) in [5.74, 6) is 0. The lowest BCUT2D eigenvalue weighted by atomic mass is 10.1. The lowest BCUT2D eigenvalue weighted by Gasteiger charge is -2.45. The summed E-state index contributed by atoms with van der Waals surface area (Å²) in [5, 5.41) is 0.341. The molecule has 0 N–H and O–H groups in total. The van der Waals surface area contributed by atoms with Crippen LogP contribution in [-0.4, -0.2) is 47.8 Å². The Bertz CT molecular complexity index is 397. The van der Waals surface area contributed by atoms with Gasteiger partial charge in [0.15, 0.2) is 22.9 Å². The van der Waals surface area contributed by atoms with Gasteiger partial charge in [0, 0.05) is 0 Å². The molecule has 2 rings (SSSR count). The summed E-state index contributed by atoms with van der Waals surface area (Å²) in [4.78, 5) is 0. The first kappa shape index (κ1) is 19.6. The van der Waals surface area contributed by atoms with Gasteiger partial charge in [-0.05, 0) is 36.3 Å². The fraction of sp³-hybridized carbons (Fsp3) is 1.00. The molecule has 0 amide bonds. The van der Waals surface area contributed by atoms with E-state index in [-0.39, 0.29) is 34.7 Å². The average Bonchev–Trinajstić information content (AvgIpc) is 2.88. The third kappa shape index (κ3) is 3.77. The summed E-state index contributed by atoms with van der Waals surface area (Å²) in [6, 6.07) is 0. The van der Waals surface area contributed by atoms with Crippen molar-refractivity contribution in [1.29, 1.82) is 0 Å². The van der Waals surface area contributed by atoms with Crippen LogP contribution in [0.15, 0.2) is 0 Å². The number of rotatable bonds is 4. The van der Waals surface area contributed by atoms with Gasteiger partial charge in [0.25, 0.3) is 0 Å². The van der Waals surface area contributed by atoms with Crippen molar-refractivity contribution in [3.8, 4) is 0 Å². The average molecular weight is 361 g/mol. The summed E-state index contributed by atoms with van der Waals surface area (Å²) in [6.45, 7) is 23.4. The Hall–Kier alpha value is 0.274. The van der Waals surface area contributed by atoms with Crippen molar-refractivity contribution in [2.75, 3.05) is 6.61 Å². The second kappa shape index (κ2) is 5.92. The van der Waals surface area contributed by atoms with Crippen molar-refractivity contribution in [1.82, 2.24) is 0 Å². The van der Waals surface area contributed by atoms with E-state index in [9.17, 15) is 0 Å². The lowest BCUT2D eigenvalue weighted by Crippen LogP contribution is -2.56. The van der Waals surface area contributed by atoms with Crippen LogP contribution in [0.4, 0.5) is 0 Å². The van der Waals surface area contributed by atoms with Gasteiger partial charge in [0.05, 0.1) is 6.61 Å². The van der Waals surface area contributed by atoms with Crippen molar-refractivity contribution in [2.45, 2.75) is 102 Å². The van der Waals surface area contributed by atoms with Gasteiger partial charge in [-0.1, -0.05) is 41.5 Å². The number of hydrogen-bond donors (Lipinski definition) is 0. The molecule has 2 aliphatic rings. The second-order valence-corrected chi connectivity index (χ2v) is 19.6. The quantitative estimate of drug-likeness (QED) is 0.691. The zero-order valence-electron chi connectivity index (χ0n) is 16.6. The van der Waals surface area contributed by atoms with Crippen LogP contribution in [-0.2, 0) is 18.3 Å². The van der Waals surface area contributed by atoms with Crippen molar-refractivity contribution < 1.29 is 18.3 Å². The highest BCUT2D eigenvalue weighted by Gasteiger charge is 2.57. The van der Waals surface area contributed by atoms with Crippen molar-refractivity contribution in [3.05, 3.63) is 0 Å². The lowest BCUT2D eigenvalue weighted by molar-refractivity contribution is -0.103. The summed E-state index contributed by atoms with van der Waals surface area (Å²) in [7, 11) is -3.77. The van der Waals surface area contributed by atoms with E-state index >= 15 is 0 Å². The van der Waals surface area contributed by atoms with E-state index < -0.39 is 16.6 Å². The van der Waals surface area contributed by atoms with Gasteiger partial charge >= 0.3 is 0 Å². The van der Waals surface area contributed by atoms with Gasteiger partial charge in [0.1, 0.15) is 18.3 Å². The molecule has 0 unspecified atom stereocenters. The summed E-state index contributed by atoms with van der Waals surface area (Å²) < 4.78 is 25.1. The maximum absolute atomic E-state index is 6.70. The largest absolute Gasteiger partial charge is 0.408 e. The highest BCUT2D eigenvalue weighted by atomic mass is 28.4. The Morgan fingerprint density at radius 2 is 1.22 bits per heavy atom. The number of fused-ring (bicyclic) bond motifs is 2. The van der Waals surface area contributed by atoms with Gasteiger partial charge in [0.2, 0.25) is 0 Å². The summed E-state index contributed by atoms with van der Waals surface area (Å²) >= 11 is 0. The molecule has 0 spiro atoms. The predicted molar refractivity (Wildman–Crippen MR) is 98.8 cm³/mol. The fourth-order valence-electron chi connectivity index (χ4n) is 2.45. The molecule has 6 heteroatoms. The second-order valence-electron chi connectivity index (χ2n) is 10.1. The highest BCUT2D eigenvalue weighted by molar-refractivity contribution is 6.74. The van der Waals surface area contributed by atoms with Crippen LogP contribution >= 0.6 is 0 Å². The van der Waals surface area contributed by atoms with E-state index in [2.05, 4.69) is 67.7 Å². The van der Waals surface area contributed by atoms with E-state index in [4.69, 9.17) is 18.3 Å². The molecule has 0 radical (unpaired) electrons. The molecule has 2 saturated heterocycles. The molecular weight excluding hydrogens is 324 g/mol. The fourth-order valence-corrected chi connectivity index (χ4v) is 5.05. The third-order valence-electron chi connectivity index (χ3n) is 6.17. The molecule has 2 aliphatic heterocycles. The third-order valence-corrected chi connectivity index (χ3v) is 15.1. The van der Waals surface area contributed by atoms with E-state index in [0.29, 0.717) is 6.61 Å². The number of hydrogen-bond acceptors (Lipinski definition) is 4. The normalized spacial score (nSPS) is 32.6. The van der Waals surface area contributed by atoms with Crippen molar-refractivity contribution in [2.24, 2.45) is 0 Å². The van der Waals surface area contributed by atoms with Gasteiger partial charge < -0.3 is 18.3 Å². The standard InChI is InChI=1S/C17H36O4Si2/c1-16(2,3)22(7,8)20-13-12-11-18-15(19-12)14(13)21-23(9,10)17(4,5)6/h12-15H,11H2,1-10H3/t12-,13-,14+,15+/m0/s1. The van der Waals surface area contributed by atoms with E-state index in [1.165, 1.54) is 0 Å². The molecule has 0 aromatic heterocycles. The SMILES string of the molecule is CC(C)(C)[Si](C)(C)O[C@@H]1[C@@H](O[Si](C)(C)C(C)(C)C)[C@@H]2OC[C@@H]1O2. The minimum atomic E-state index is -1.90. The Morgan fingerprint density at radius 3 is 1.65 bits per heavy atom. The first-order valence-corrected chi connectivity index (χ1v) is 14.6. The zero-order valence-corrected chi connectivity index (χ0v) is 18.6. The van der Waals surface area contributed by atoms with Crippen LogP contribution in [0.2, 0.25) is 36.3 Å². The molecule has 136 valence electrons.